The summed E-state index contributed by atoms with van der Waals surface area (Å²) in [5.41, 5.74) is -1.32. The zero-order valence-corrected chi connectivity index (χ0v) is 11.5. The molecule has 0 spiro atoms. The maximum atomic E-state index is 14.4. The van der Waals surface area contributed by atoms with Crippen LogP contribution in [0.1, 0.15) is 17.5 Å². The lowest BCUT2D eigenvalue weighted by atomic mass is 9.96. The van der Waals surface area contributed by atoms with Crippen LogP contribution in [0.25, 0.3) is 5.65 Å². The van der Waals surface area contributed by atoms with Gasteiger partial charge in [-0.1, -0.05) is 0 Å². The van der Waals surface area contributed by atoms with Gasteiger partial charge >= 0.3 is 6.08 Å². The molecule has 22 heavy (non-hydrogen) atoms. The summed E-state index contributed by atoms with van der Waals surface area (Å²) in [5, 5.41) is 32.0. The van der Waals surface area contributed by atoms with Crippen molar-refractivity contribution in [2.45, 2.75) is 30.9 Å². The Kier molecular flexibility index (Phi) is 3.56. The van der Waals surface area contributed by atoms with Crippen molar-refractivity contribution in [2.24, 2.45) is 0 Å². The monoisotopic (exact) mass is 316 g/mol. The first-order valence-electron chi connectivity index (χ1n) is 6.53. The molecule has 2 aromatic heterocycles. The van der Waals surface area contributed by atoms with E-state index in [4.69, 9.17) is 4.74 Å². The van der Waals surface area contributed by atoms with E-state index in [1.54, 1.807) is 0 Å². The summed E-state index contributed by atoms with van der Waals surface area (Å²) >= 11 is 0. The van der Waals surface area contributed by atoms with Crippen LogP contribution in [0.15, 0.2) is 6.20 Å². The Morgan fingerprint density at radius 2 is 2.09 bits per heavy atom. The van der Waals surface area contributed by atoms with Gasteiger partial charge in [0.2, 0.25) is 0 Å². The maximum absolute atomic E-state index is 14.4. The van der Waals surface area contributed by atoms with Gasteiger partial charge in [0, 0.05) is 0 Å². The lowest BCUT2D eigenvalue weighted by molar-refractivity contribution is -0.137. The van der Waals surface area contributed by atoms with Crippen molar-refractivity contribution in [3.63, 3.8) is 0 Å². The van der Waals surface area contributed by atoms with Crippen LogP contribution in [0.4, 0.5) is 8.78 Å². The number of aromatic nitrogens is 4. The second-order valence-corrected chi connectivity index (χ2v) is 5.19. The van der Waals surface area contributed by atoms with E-state index in [2.05, 4.69) is 15.1 Å². The van der Waals surface area contributed by atoms with E-state index in [-0.39, 0.29) is 17.0 Å². The molecule has 3 rings (SSSR count). The number of rotatable bonds is 3. The molecule has 0 unspecified atom stereocenters. The average molecular weight is 316 g/mol. The number of ether oxygens (including phenoxy) is 1. The van der Waals surface area contributed by atoms with E-state index >= 15 is 0 Å². The summed E-state index contributed by atoms with van der Waals surface area (Å²) in [6.07, 6.45) is -4.85. The molecule has 1 fully saturated rings. The van der Waals surface area contributed by atoms with Crippen LogP contribution in [0.2, 0.25) is 0 Å². The van der Waals surface area contributed by atoms with Gasteiger partial charge in [-0.05, 0) is 6.92 Å². The van der Waals surface area contributed by atoms with Crippen molar-refractivity contribution in [3.8, 4) is 0 Å². The molecule has 120 valence electrons. The molecule has 0 radical (unpaired) electrons. The number of aliphatic hydroxyl groups excluding tert-OH is 3. The molecule has 2 aromatic rings. The molecule has 3 atom stereocenters. The largest absolute Gasteiger partial charge is 0.393 e. The van der Waals surface area contributed by atoms with Crippen LogP contribution in [-0.4, -0.2) is 66.0 Å². The van der Waals surface area contributed by atoms with Gasteiger partial charge in [-0.15, -0.1) is 5.10 Å². The van der Waals surface area contributed by atoms with Crippen LogP contribution in [0.5, 0.6) is 0 Å². The third-order valence-corrected chi connectivity index (χ3v) is 3.85. The van der Waals surface area contributed by atoms with Crippen molar-refractivity contribution in [1.82, 2.24) is 19.6 Å². The molecule has 0 amide bonds. The second-order valence-electron chi connectivity index (χ2n) is 5.19. The molecule has 0 bridgehead atoms. The van der Waals surface area contributed by atoms with Crippen molar-refractivity contribution in [2.75, 3.05) is 13.2 Å². The average Bonchev–Trinajstić information content (AvgIpc) is 3.01. The molecule has 10 heteroatoms. The van der Waals surface area contributed by atoms with Crippen LogP contribution in [-0.2, 0) is 4.74 Å². The number of alkyl halides is 1. The van der Waals surface area contributed by atoms with Crippen LogP contribution in [0, 0.1) is 13.0 Å². The molecule has 3 N–H and O–H groups in total. The molecule has 1 saturated heterocycles. The van der Waals surface area contributed by atoms with Gasteiger partial charge < -0.3 is 20.1 Å². The van der Waals surface area contributed by atoms with Crippen molar-refractivity contribution in [3.05, 3.63) is 23.7 Å². The lowest BCUT2D eigenvalue weighted by Gasteiger charge is -2.27. The van der Waals surface area contributed by atoms with Crippen molar-refractivity contribution < 1.29 is 28.8 Å². The number of nitrogens with zero attached hydrogens (tertiary/aromatic N) is 4. The molecule has 8 nitrogen and oxygen atoms in total. The predicted octanol–water partition coefficient (Wildman–Crippen LogP) is -0.934. The Hall–Kier alpha value is -1.75. The van der Waals surface area contributed by atoms with E-state index in [0.717, 1.165) is 4.52 Å². The van der Waals surface area contributed by atoms with E-state index in [9.17, 15) is 24.1 Å². The number of hydrogen-bond donors (Lipinski definition) is 3. The zero-order chi connectivity index (χ0) is 16.1. The Balaban J connectivity index is 2.09. The first-order valence-corrected chi connectivity index (χ1v) is 6.53. The summed E-state index contributed by atoms with van der Waals surface area (Å²) in [6.45, 7) is -0.0404. The highest BCUT2D eigenvalue weighted by molar-refractivity contribution is 5.43. The second kappa shape index (κ2) is 5.16. The van der Waals surface area contributed by atoms with Gasteiger partial charge in [0.05, 0.1) is 30.8 Å². The SMILES string of the molecule is Cc1nc(F)nn2c([C@@H]3OC(CO)(CO)[C@@H](O)[C@H]3F)cnc12. The van der Waals surface area contributed by atoms with E-state index in [1.165, 1.54) is 13.1 Å². The molecular formula is C12H14F2N4O4. The predicted molar refractivity (Wildman–Crippen MR) is 67.1 cm³/mol. The number of imidazole rings is 1. The first kappa shape index (κ1) is 15.2. The summed E-state index contributed by atoms with van der Waals surface area (Å²) in [5.74, 6) is 0. The minimum Gasteiger partial charge on any atom is -0.393 e. The number of fused-ring (bicyclic) bond motifs is 1. The molecule has 1 aliphatic rings. The Labute approximate surface area is 123 Å². The Morgan fingerprint density at radius 3 is 2.68 bits per heavy atom. The fourth-order valence-electron chi connectivity index (χ4n) is 2.58. The number of aryl methyl sites for hydroxylation is 1. The van der Waals surface area contributed by atoms with E-state index < -0.39 is 43.3 Å². The fraction of sp³-hybridized carbons (Fsp3) is 0.583. The highest BCUT2D eigenvalue weighted by Gasteiger charge is 2.56. The van der Waals surface area contributed by atoms with E-state index in [0.29, 0.717) is 0 Å². The number of hydrogen-bond acceptors (Lipinski definition) is 7. The summed E-state index contributed by atoms with van der Waals surface area (Å²) in [4.78, 5) is 7.49. The fourth-order valence-corrected chi connectivity index (χ4v) is 2.58. The summed E-state index contributed by atoms with van der Waals surface area (Å²) in [6, 6.07) is 0. The Morgan fingerprint density at radius 1 is 1.41 bits per heavy atom. The highest BCUT2D eigenvalue weighted by Crippen LogP contribution is 2.41. The van der Waals surface area contributed by atoms with Gasteiger partial charge in [0.15, 0.2) is 11.8 Å². The molecular weight excluding hydrogens is 302 g/mol. The third kappa shape index (κ3) is 1.99. The molecule has 0 saturated carbocycles. The zero-order valence-electron chi connectivity index (χ0n) is 11.5. The van der Waals surface area contributed by atoms with Gasteiger partial charge in [-0.25, -0.2) is 18.9 Å². The minimum atomic E-state index is -1.95. The van der Waals surface area contributed by atoms with Gasteiger partial charge in [-0.2, -0.15) is 4.39 Å². The molecule has 0 aliphatic carbocycles. The maximum Gasteiger partial charge on any atom is 0.326 e. The first-order chi connectivity index (χ1) is 10.4. The van der Waals surface area contributed by atoms with Crippen LogP contribution < -0.4 is 0 Å². The van der Waals surface area contributed by atoms with Crippen molar-refractivity contribution in [1.29, 1.82) is 0 Å². The topological polar surface area (TPSA) is 113 Å². The molecule has 1 aliphatic heterocycles. The normalized spacial score (nSPS) is 27.6. The van der Waals surface area contributed by atoms with Gasteiger partial charge in [-0.3, -0.25) is 0 Å². The van der Waals surface area contributed by atoms with Gasteiger partial charge in [0.1, 0.15) is 17.8 Å². The summed E-state index contributed by atoms with van der Waals surface area (Å²) in [7, 11) is 0. The lowest BCUT2D eigenvalue weighted by Crippen LogP contribution is -2.48. The van der Waals surface area contributed by atoms with Gasteiger partial charge in [0.25, 0.3) is 0 Å². The van der Waals surface area contributed by atoms with E-state index in [1.807, 2.05) is 0 Å². The minimum absolute atomic E-state index is 0.0507. The number of aliphatic hydroxyl groups is 3. The molecule has 0 aromatic carbocycles. The Bertz CT molecular complexity index is 706. The highest BCUT2D eigenvalue weighted by atomic mass is 19.1. The molecule has 3 heterocycles. The third-order valence-electron chi connectivity index (χ3n) is 3.85. The smallest absolute Gasteiger partial charge is 0.326 e. The van der Waals surface area contributed by atoms with Crippen LogP contribution in [0.3, 0.4) is 0 Å². The standard InChI is InChI=1S/C12H14F2N4O4/c1-5-10-15-2-6(18(10)17-11(14)16-5)8-7(13)9(21)12(3-19,4-20)22-8/h2,7-9,19-21H,3-4H2,1H3/t7-,8-,9-/m0/s1. The quantitative estimate of drug-likeness (QED) is 0.670. The van der Waals surface area contributed by atoms with Crippen molar-refractivity contribution >= 4 is 5.65 Å². The summed E-state index contributed by atoms with van der Waals surface area (Å²) < 4.78 is 34.1. The number of halogens is 2. The van der Waals surface area contributed by atoms with Crippen LogP contribution >= 0.6 is 0 Å².